The van der Waals surface area contributed by atoms with Crippen LogP contribution in [-0.2, 0) is 20.8 Å². The Morgan fingerprint density at radius 3 is 2.47 bits per heavy atom. The third-order valence-electron chi connectivity index (χ3n) is 5.14. The summed E-state index contributed by atoms with van der Waals surface area (Å²) in [6, 6.07) is 17.2. The maximum atomic E-state index is 13.1. The largest absolute Gasteiger partial charge is 0.484 e. The van der Waals surface area contributed by atoms with E-state index in [1.165, 1.54) is 4.90 Å². The van der Waals surface area contributed by atoms with Gasteiger partial charge in [0, 0.05) is 20.0 Å². The lowest BCUT2D eigenvalue weighted by Crippen LogP contribution is -2.56. The van der Waals surface area contributed by atoms with Gasteiger partial charge in [0.15, 0.2) is 6.61 Å². The number of piperidine rings is 1. The molecule has 0 unspecified atom stereocenters. The van der Waals surface area contributed by atoms with E-state index >= 15 is 0 Å². The first-order chi connectivity index (χ1) is 14.5. The molecule has 0 saturated carbocycles. The van der Waals surface area contributed by atoms with Crippen molar-refractivity contribution in [1.29, 1.82) is 0 Å². The Hall–Kier alpha value is -3.35. The van der Waals surface area contributed by atoms with Gasteiger partial charge in [-0.25, -0.2) is 0 Å². The van der Waals surface area contributed by atoms with Crippen molar-refractivity contribution >= 4 is 17.7 Å². The lowest BCUT2D eigenvalue weighted by Gasteiger charge is -2.30. The summed E-state index contributed by atoms with van der Waals surface area (Å²) in [5.41, 5.74) is 0.925. The second-order valence-corrected chi connectivity index (χ2v) is 7.31. The molecule has 0 radical (unpaired) electrons. The summed E-state index contributed by atoms with van der Waals surface area (Å²) in [6.45, 7) is 0.441. The Bertz CT molecular complexity index is 857. The van der Waals surface area contributed by atoms with Crippen molar-refractivity contribution in [2.45, 2.75) is 31.3 Å². The second kappa shape index (κ2) is 10.4. The van der Waals surface area contributed by atoms with Gasteiger partial charge in [0.25, 0.3) is 5.91 Å². The molecule has 1 aliphatic heterocycles. The Balaban J connectivity index is 1.69. The Labute approximate surface area is 176 Å². The lowest BCUT2D eigenvalue weighted by atomic mass is 10.0. The van der Waals surface area contributed by atoms with E-state index in [1.807, 2.05) is 48.5 Å². The van der Waals surface area contributed by atoms with Gasteiger partial charge >= 0.3 is 0 Å². The fourth-order valence-corrected chi connectivity index (χ4v) is 3.36. The topological polar surface area (TPSA) is 87.7 Å². The van der Waals surface area contributed by atoms with Crippen LogP contribution in [0.3, 0.4) is 0 Å². The minimum Gasteiger partial charge on any atom is -0.484 e. The summed E-state index contributed by atoms with van der Waals surface area (Å²) in [4.78, 5) is 39.2. The molecule has 0 spiro atoms. The van der Waals surface area contributed by atoms with Gasteiger partial charge < -0.3 is 20.3 Å². The van der Waals surface area contributed by atoms with Crippen LogP contribution in [0.5, 0.6) is 5.75 Å². The van der Waals surface area contributed by atoms with Crippen molar-refractivity contribution in [3.63, 3.8) is 0 Å². The number of carbonyl (C=O) groups is 3. The fourth-order valence-electron chi connectivity index (χ4n) is 3.36. The van der Waals surface area contributed by atoms with Crippen molar-refractivity contribution in [2.24, 2.45) is 0 Å². The predicted molar refractivity (Wildman–Crippen MR) is 113 cm³/mol. The maximum absolute atomic E-state index is 13.1. The highest BCUT2D eigenvalue weighted by atomic mass is 16.5. The molecule has 2 aromatic carbocycles. The number of amides is 3. The van der Waals surface area contributed by atoms with Gasteiger partial charge in [0.1, 0.15) is 17.8 Å². The lowest BCUT2D eigenvalue weighted by molar-refractivity contribution is -0.141. The molecule has 0 aliphatic carbocycles. The predicted octanol–water partition coefficient (Wildman–Crippen LogP) is 1.53. The molecule has 30 heavy (non-hydrogen) atoms. The molecular formula is C23H27N3O4. The molecule has 158 valence electrons. The van der Waals surface area contributed by atoms with E-state index in [9.17, 15) is 14.4 Å². The zero-order chi connectivity index (χ0) is 21.3. The van der Waals surface area contributed by atoms with Crippen LogP contribution in [0.2, 0.25) is 0 Å². The zero-order valence-electron chi connectivity index (χ0n) is 17.0. The average molecular weight is 409 g/mol. The van der Waals surface area contributed by atoms with Crippen molar-refractivity contribution in [1.82, 2.24) is 15.5 Å². The average Bonchev–Trinajstić information content (AvgIpc) is 2.78. The first kappa shape index (κ1) is 21.4. The van der Waals surface area contributed by atoms with Crippen LogP contribution in [-0.4, -0.2) is 54.9 Å². The Morgan fingerprint density at radius 2 is 1.80 bits per heavy atom. The first-order valence-corrected chi connectivity index (χ1v) is 10.1. The molecule has 1 aliphatic rings. The van der Waals surface area contributed by atoms with Gasteiger partial charge in [-0.15, -0.1) is 0 Å². The summed E-state index contributed by atoms with van der Waals surface area (Å²) in [5, 5.41) is 5.58. The number of carbonyl (C=O) groups excluding carboxylic acids is 3. The second-order valence-electron chi connectivity index (χ2n) is 7.31. The number of rotatable bonds is 8. The van der Waals surface area contributed by atoms with Crippen molar-refractivity contribution < 1.29 is 19.1 Å². The molecule has 0 bridgehead atoms. The molecule has 7 heteroatoms. The quantitative estimate of drug-likeness (QED) is 0.692. The van der Waals surface area contributed by atoms with Gasteiger partial charge in [-0.1, -0.05) is 48.5 Å². The third kappa shape index (κ3) is 5.83. The van der Waals surface area contributed by atoms with Gasteiger partial charge in [0.2, 0.25) is 11.8 Å². The van der Waals surface area contributed by atoms with Crippen LogP contribution in [0, 0.1) is 0 Å². The minimum atomic E-state index is -0.756. The van der Waals surface area contributed by atoms with Crippen molar-refractivity contribution in [3.05, 3.63) is 66.2 Å². The molecule has 2 N–H and O–H groups in total. The number of hydrogen-bond donors (Lipinski definition) is 2. The van der Waals surface area contributed by atoms with E-state index in [-0.39, 0.29) is 24.3 Å². The highest BCUT2D eigenvalue weighted by molar-refractivity contribution is 5.92. The number of nitrogens with zero attached hydrogens (tertiary/aromatic N) is 1. The van der Waals surface area contributed by atoms with E-state index in [0.717, 1.165) is 12.0 Å². The van der Waals surface area contributed by atoms with Gasteiger partial charge in [-0.05, 0) is 30.5 Å². The van der Waals surface area contributed by atoms with Gasteiger partial charge in [-0.3, -0.25) is 14.4 Å². The number of nitrogens with one attached hydrogen (secondary N) is 2. The summed E-state index contributed by atoms with van der Waals surface area (Å²) >= 11 is 0. The van der Waals surface area contributed by atoms with E-state index in [0.29, 0.717) is 25.1 Å². The monoisotopic (exact) mass is 409 g/mol. The van der Waals surface area contributed by atoms with Crippen LogP contribution in [0.4, 0.5) is 0 Å². The number of benzene rings is 2. The third-order valence-corrected chi connectivity index (χ3v) is 5.14. The number of para-hydroxylation sites is 1. The van der Waals surface area contributed by atoms with Crippen LogP contribution >= 0.6 is 0 Å². The molecule has 1 fully saturated rings. The highest BCUT2D eigenvalue weighted by Crippen LogP contribution is 2.12. The first-order valence-electron chi connectivity index (χ1n) is 10.1. The van der Waals surface area contributed by atoms with Crippen molar-refractivity contribution in [3.8, 4) is 5.75 Å². The number of likely N-dealkylation sites (N-methyl/N-ethyl adjacent to an activating group) is 1. The summed E-state index contributed by atoms with van der Waals surface area (Å²) in [7, 11) is 1.59. The molecule has 2 atom stereocenters. The molecule has 3 amide bonds. The zero-order valence-corrected chi connectivity index (χ0v) is 17.0. The van der Waals surface area contributed by atoms with E-state index in [2.05, 4.69) is 10.6 Å². The van der Waals surface area contributed by atoms with E-state index in [1.54, 1.807) is 19.2 Å². The normalized spacial score (nSPS) is 16.8. The summed E-state index contributed by atoms with van der Waals surface area (Å²) in [6.07, 6.45) is 1.73. The molecule has 1 heterocycles. The number of hydrogen-bond acceptors (Lipinski definition) is 4. The molecule has 3 rings (SSSR count). The van der Waals surface area contributed by atoms with E-state index in [4.69, 9.17) is 4.74 Å². The Morgan fingerprint density at radius 1 is 1.13 bits per heavy atom. The standard InChI is InChI=1S/C23H27N3O4/c1-26(21(27)16-30-18-11-6-3-7-12-18)20(15-17-9-4-2-5-10-17)23(29)25-19-13-8-14-24-22(19)28/h2-7,9-12,19-20H,8,13-16H2,1H3,(H,24,28)(H,25,29)/t19-,20-/m0/s1. The highest BCUT2D eigenvalue weighted by Gasteiger charge is 2.31. The fraction of sp³-hybridized carbons (Fsp3) is 0.348. The molecular weight excluding hydrogens is 382 g/mol. The summed E-state index contributed by atoms with van der Waals surface area (Å²) in [5.74, 6) is -0.267. The van der Waals surface area contributed by atoms with Gasteiger partial charge in [0.05, 0.1) is 0 Å². The summed E-state index contributed by atoms with van der Waals surface area (Å²) < 4.78 is 5.55. The minimum absolute atomic E-state index is 0.178. The van der Waals surface area contributed by atoms with Crippen LogP contribution in [0.1, 0.15) is 18.4 Å². The molecule has 1 saturated heterocycles. The van der Waals surface area contributed by atoms with Gasteiger partial charge in [-0.2, -0.15) is 0 Å². The van der Waals surface area contributed by atoms with Crippen LogP contribution < -0.4 is 15.4 Å². The molecule has 0 aromatic heterocycles. The SMILES string of the molecule is CN(C(=O)COc1ccccc1)[C@@H](Cc1ccccc1)C(=O)N[C@H]1CCCNC1=O. The van der Waals surface area contributed by atoms with Crippen molar-refractivity contribution in [2.75, 3.05) is 20.2 Å². The number of ether oxygens (including phenoxy) is 1. The molecule has 7 nitrogen and oxygen atoms in total. The van der Waals surface area contributed by atoms with Crippen LogP contribution in [0.25, 0.3) is 0 Å². The van der Waals surface area contributed by atoms with Crippen LogP contribution in [0.15, 0.2) is 60.7 Å². The Kier molecular flexibility index (Phi) is 7.43. The molecule has 2 aromatic rings. The maximum Gasteiger partial charge on any atom is 0.260 e. The smallest absolute Gasteiger partial charge is 0.260 e. The van der Waals surface area contributed by atoms with E-state index < -0.39 is 12.1 Å².